The second-order valence-corrected chi connectivity index (χ2v) is 7.54. The molecule has 1 heterocycles. The van der Waals surface area contributed by atoms with Crippen molar-refractivity contribution in [2.75, 3.05) is 31.5 Å². The quantitative estimate of drug-likeness (QED) is 0.650. The molecule has 1 aromatic rings. The number of amides is 2. The van der Waals surface area contributed by atoms with Gasteiger partial charge in [0, 0.05) is 18.2 Å². The predicted molar refractivity (Wildman–Crippen MR) is 107 cm³/mol. The number of rotatable bonds is 8. The number of nitrogens with zero attached hydrogens (tertiary/aromatic N) is 1. The summed E-state index contributed by atoms with van der Waals surface area (Å²) in [6, 6.07) is 5.02. The van der Waals surface area contributed by atoms with Crippen molar-refractivity contribution in [2.45, 2.75) is 39.0 Å². The second-order valence-electron chi connectivity index (χ2n) is 6.73. The molecular weight excluding hydrogens is 373 g/mol. The first-order chi connectivity index (χ1) is 12.5. The second kappa shape index (κ2) is 10.8. The molecule has 26 heavy (non-hydrogen) atoms. The molecule has 1 aromatic carbocycles. The number of hydrogen-bond donors (Lipinski definition) is 2. The molecule has 5 nitrogen and oxygen atoms in total. The van der Waals surface area contributed by atoms with E-state index in [1.54, 1.807) is 18.2 Å². The lowest BCUT2D eigenvalue weighted by atomic mass is 9.96. The van der Waals surface area contributed by atoms with Crippen molar-refractivity contribution in [1.29, 1.82) is 0 Å². The molecule has 2 N–H and O–H groups in total. The molecule has 7 heteroatoms. The highest BCUT2D eigenvalue weighted by Gasteiger charge is 2.25. The lowest BCUT2D eigenvalue weighted by molar-refractivity contribution is -0.126. The van der Waals surface area contributed by atoms with Crippen LogP contribution in [0, 0.1) is 5.92 Å². The van der Waals surface area contributed by atoms with E-state index in [-0.39, 0.29) is 17.7 Å². The summed E-state index contributed by atoms with van der Waals surface area (Å²) in [4.78, 5) is 26.4. The summed E-state index contributed by atoms with van der Waals surface area (Å²) >= 11 is 11.8. The average molecular weight is 400 g/mol. The van der Waals surface area contributed by atoms with Gasteiger partial charge in [-0.3, -0.25) is 14.5 Å². The van der Waals surface area contributed by atoms with Crippen LogP contribution in [0.5, 0.6) is 0 Å². The fourth-order valence-electron chi connectivity index (χ4n) is 3.06. The van der Waals surface area contributed by atoms with Gasteiger partial charge in [-0.05, 0) is 50.6 Å². The van der Waals surface area contributed by atoms with Crippen LogP contribution in [-0.4, -0.2) is 42.9 Å². The SMILES string of the molecule is CCCCCNC(=O)C1CCN(CC(=O)Nc2ccc(Cl)c(Cl)c2)CC1. The van der Waals surface area contributed by atoms with Crippen molar-refractivity contribution >= 4 is 40.7 Å². The maximum Gasteiger partial charge on any atom is 0.238 e. The summed E-state index contributed by atoms with van der Waals surface area (Å²) in [5.74, 6) is 0.123. The molecule has 0 aliphatic carbocycles. The minimum Gasteiger partial charge on any atom is -0.356 e. The fourth-order valence-corrected chi connectivity index (χ4v) is 3.36. The number of piperidine rings is 1. The lowest BCUT2D eigenvalue weighted by Crippen LogP contribution is -2.43. The number of hydrogen-bond acceptors (Lipinski definition) is 3. The van der Waals surface area contributed by atoms with Crippen molar-refractivity contribution in [2.24, 2.45) is 5.92 Å². The molecule has 0 unspecified atom stereocenters. The minimum absolute atomic E-state index is 0.0611. The molecule has 1 aliphatic rings. The van der Waals surface area contributed by atoms with Gasteiger partial charge in [-0.25, -0.2) is 0 Å². The Balaban J connectivity index is 1.70. The highest BCUT2D eigenvalue weighted by Crippen LogP contribution is 2.25. The molecule has 0 atom stereocenters. The average Bonchev–Trinajstić information content (AvgIpc) is 2.62. The molecule has 0 bridgehead atoms. The Morgan fingerprint density at radius 3 is 2.54 bits per heavy atom. The van der Waals surface area contributed by atoms with Gasteiger partial charge in [-0.1, -0.05) is 43.0 Å². The molecular formula is C19H27Cl2N3O2. The van der Waals surface area contributed by atoms with Gasteiger partial charge in [0.2, 0.25) is 11.8 Å². The van der Waals surface area contributed by atoms with Crippen LogP contribution in [0.25, 0.3) is 0 Å². The Labute approximate surface area is 165 Å². The van der Waals surface area contributed by atoms with E-state index in [0.29, 0.717) is 22.3 Å². The standard InChI is InChI=1S/C19H27Cl2N3O2/c1-2-3-4-9-22-19(26)14-7-10-24(11-8-14)13-18(25)23-15-5-6-16(20)17(21)12-15/h5-6,12,14H,2-4,7-11,13H2,1H3,(H,22,26)(H,23,25). The molecule has 1 saturated heterocycles. The van der Waals surface area contributed by atoms with E-state index in [4.69, 9.17) is 23.2 Å². The first kappa shape index (κ1) is 21.0. The molecule has 0 radical (unpaired) electrons. The number of nitrogens with one attached hydrogen (secondary N) is 2. The Morgan fingerprint density at radius 2 is 1.88 bits per heavy atom. The van der Waals surface area contributed by atoms with Crippen LogP contribution in [0.15, 0.2) is 18.2 Å². The van der Waals surface area contributed by atoms with Crippen LogP contribution in [0.3, 0.4) is 0 Å². The Bertz CT molecular complexity index is 617. The van der Waals surface area contributed by atoms with E-state index in [2.05, 4.69) is 22.5 Å². The molecule has 1 aliphatic heterocycles. The van der Waals surface area contributed by atoms with Crippen LogP contribution in [-0.2, 0) is 9.59 Å². The first-order valence-electron chi connectivity index (χ1n) is 9.24. The van der Waals surface area contributed by atoms with Crippen LogP contribution < -0.4 is 10.6 Å². The molecule has 0 saturated carbocycles. The number of benzene rings is 1. The summed E-state index contributed by atoms with van der Waals surface area (Å²) < 4.78 is 0. The van der Waals surface area contributed by atoms with Gasteiger partial charge in [0.25, 0.3) is 0 Å². The Hall–Kier alpha value is -1.30. The largest absolute Gasteiger partial charge is 0.356 e. The zero-order valence-corrected chi connectivity index (χ0v) is 16.7. The van der Waals surface area contributed by atoms with E-state index < -0.39 is 0 Å². The normalized spacial score (nSPS) is 15.7. The predicted octanol–water partition coefficient (Wildman–Crippen LogP) is 3.95. The van der Waals surface area contributed by atoms with Gasteiger partial charge in [-0.2, -0.15) is 0 Å². The zero-order valence-electron chi connectivity index (χ0n) is 15.2. The topological polar surface area (TPSA) is 61.4 Å². The van der Waals surface area contributed by atoms with Crippen LogP contribution in [0.1, 0.15) is 39.0 Å². The van der Waals surface area contributed by atoms with Crippen molar-refractivity contribution in [3.05, 3.63) is 28.2 Å². The number of carbonyl (C=O) groups is 2. The lowest BCUT2D eigenvalue weighted by Gasteiger charge is -2.30. The van der Waals surface area contributed by atoms with Crippen LogP contribution in [0.4, 0.5) is 5.69 Å². The van der Waals surface area contributed by atoms with Crippen LogP contribution in [0.2, 0.25) is 10.0 Å². The van der Waals surface area contributed by atoms with Gasteiger partial charge < -0.3 is 10.6 Å². The van der Waals surface area contributed by atoms with Gasteiger partial charge in [0.15, 0.2) is 0 Å². The number of likely N-dealkylation sites (tertiary alicyclic amines) is 1. The van der Waals surface area contributed by atoms with E-state index in [1.807, 2.05) is 0 Å². The smallest absolute Gasteiger partial charge is 0.238 e. The first-order valence-corrected chi connectivity index (χ1v) is 10.00. The van der Waals surface area contributed by atoms with Gasteiger partial charge >= 0.3 is 0 Å². The minimum atomic E-state index is -0.0918. The maximum atomic E-state index is 12.2. The summed E-state index contributed by atoms with van der Waals surface area (Å²) in [6.45, 7) is 4.73. The highest BCUT2D eigenvalue weighted by atomic mass is 35.5. The summed E-state index contributed by atoms with van der Waals surface area (Å²) in [5, 5.41) is 6.72. The third-order valence-electron chi connectivity index (χ3n) is 4.61. The van der Waals surface area contributed by atoms with E-state index >= 15 is 0 Å². The van der Waals surface area contributed by atoms with E-state index in [0.717, 1.165) is 51.7 Å². The Kier molecular flexibility index (Phi) is 8.69. The molecule has 2 amide bonds. The molecule has 0 aromatic heterocycles. The van der Waals surface area contributed by atoms with Crippen molar-refractivity contribution in [3.63, 3.8) is 0 Å². The maximum absolute atomic E-state index is 12.2. The number of carbonyl (C=O) groups excluding carboxylic acids is 2. The highest BCUT2D eigenvalue weighted by molar-refractivity contribution is 6.42. The summed E-state index contributed by atoms with van der Waals surface area (Å²) in [5.41, 5.74) is 0.630. The monoisotopic (exact) mass is 399 g/mol. The fraction of sp³-hybridized carbons (Fsp3) is 0.579. The molecule has 1 fully saturated rings. The van der Waals surface area contributed by atoms with Gasteiger partial charge in [0.1, 0.15) is 0 Å². The van der Waals surface area contributed by atoms with Crippen molar-refractivity contribution in [3.8, 4) is 0 Å². The van der Waals surface area contributed by atoms with Crippen molar-refractivity contribution < 1.29 is 9.59 Å². The van der Waals surface area contributed by atoms with Crippen LogP contribution >= 0.6 is 23.2 Å². The van der Waals surface area contributed by atoms with E-state index in [1.165, 1.54) is 0 Å². The Morgan fingerprint density at radius 1 is 1.15 bits per heavy atom. The molecule has 0 spiro atoms. The van der Waals surface area contributed by atoms with Gasteiger partial charge in [0.05, 0.1) is 16.6 Å². The van der Waals surface area contributed by atoms with E-state index in [9.17, 15) is 9.59 Å². The summed E-state index contributed by atoms with van der Waals surface area (Å²) in [7, 11) is 0. The number of halogens is 2. The molecule has 144 valence electrons. The zero-order chi connectivity index (χ0) is 18.9. The molecule has 2 rings (SSSR count). The summed E-state index contributed by atoms with van der Waals surface area (Å²) in [6.07, 6.45) is 4.92. The number of unbranched alkanes of at least 4 members (excludes halogenated alkanes) is 2. The van der Waals surface area contributed by atoms with Gasteiger partial charge in [-0.15, -0.1) is 0 Å². The van der Waals surface area contributed by atoms with Crippen molar-refractivity contribution in [1.82, 2.24) is 10.2 Å². The third kappa shape index (κ3) is 6.78. The third-order valence-corrected chi connectivity index (χ3v) is 5.35. The number of anilines is 1.